The SMILES string of the molecule is CCN1CCC(n2cc(Nc3ncc(CN(C=O)c4cc(-c5ncc(-c6ccccc6C(F)(F)F)[nH]5)ccc4C)c(N(C)C)n3)cn2)CC1. The summed E-state index contributed by atoms with van der Waals surface area (Å²) in [6.45, 7) is 7.43. The van der Waals surface area contributed by atoms with E-state index in [0.29, 0.717) is 34.9 Å². The Kier molecular flexibility index (Phi) is 9.67. The van der Waals surface area contributed by atoms with E-state index in [1.54, 1.807) is 29.4 Å². The van der Waals surface area contributed by atoms with E-state index in [9.17, 15) is 18.0 Å². The van der Waals surface area contributed by atoms with Crippen LogP contribution in [0, 0.1) is 6.92 Å². The monoisotopic (exact) mass is 672 g/mol. The summed E-state index contributed by atoms with van der Waals surface area (Å²) < 4.78 is 43.0. The molecule has 1 amide bonds. The number of likely N-dealkylation sites (tertiary alicyclic amines) is 1. The third-order valence-corrected chi connectivity index (χ3v) is 8.86. The Morgan fingerprint density at radius 1 is 1.06 bits per heavy atom. The number of rotatable bonds is 11. The van der Waals surface area contributed by atoms with Crippen LogP contribution in [0.25, 0.3) is 22.6 Å². The summed E-state index contributed by atoms with van der Waals surface area (Å²) in [6, 6.07) is 11.2. The average molecular weight is 673 g/mol. The number of hydrogen-bond acceptors (Lipinski definition) is 8. The number of carbonyl (C=O) groups is 1. The molecule has 1 aliphatic heterocycles. The van der Waals surface area contributed by atoms with E-state index < -0.39 is 11.7 Å². The summed E-state index contributed by atoms with van der Waals surface area (Å²) in [5, 5.41) is 7.85. The average Bonchev–Trinajstić information content (AvgIpc) is 3.78. The summed E-state index contributed by atoms with van der Waals surface area (Å²) in [7, 11) is 3.75. The van der Waals surface area contributed by atoms with Gasteiger partial charge in [0.2, 0.25) is 12.4 Å². The third-order valence-electron chi connectivity index (χ3n) is 8.86. The largest absolute Gasteiger partial charge is 0.417 e. The Hall–Kier alpha value is -5.24. The van der Waals surface area contributed by atoms with Crippen molar-refractivity contribution in [1.82, 2.24) is 34.6 Å². The Bertz CT molecular complexity index is 1910. The molecular weight excluding hydrogens is 633 g/mol. The second-order valence-corrected chi connectivity index (χ2v) is 12.4. The second kappa shape index (κ2) is 14.1. The molecule has 5 aromatic rings. The molecule has 49 heavy (non-hydrogen) atoms. The minimum atomic E-state index is -4.51. The molecule has 3 aromatic heterocycles. The molecule has 2 N–H and O–H groups in total. The van der Waals surface area contributed by atoms with E-state index in [0.717, 1.165) is 61.8 Å². The number of aromatic amines is 1. The van der Waals surface area contributed by atoms with Crippen LogP contribution >= 0.6 is 0 Å². The molecule has 4 heterocycles. The molecule has 0 saturated carbocycles. The topological polar surface area (TPSA) is 111 Å². The van der Waals surface area contributed by atoms with Crippen molar-refractivity contribution in [2.24, 2.45) is 0 Å². The lowest BCUT2D eigenvalue weighted by Crippen LogP contribution is -2.34. The van der Waals surface area contributed by atoms with Gasteiger partial charge in [0, 0.05) is 62.0 Å². The lowest BCUT2D eigenvalue weighted by molar-refractivity contribution is -0.137. The molecule has 0 atom stereocenters. The van der Waals surface area contributed by atoms with Crippen LogP contribution in [-0.2, 0) is 17.5 Å². The zero-order chi connectivity index (χ0) is 34.7. The highest BCUT2D eigenvalue weighted by Gasteiger charge is 2.33. The van der Waals surface area contributed by atoms with E-state index in [1.165, 1.54) is 18.3 Å². The quantitative estimate of drug-likeness (QED) is 0.150. The predicted molar refractivity (Wildman–Crippen MR) is 184 cm³/mol. The van der Waals surface area contributed by atoms with Crippen LogP contribution in [0.2, 0.25) is 0 Å². The number of benzene rings is 2. The van der Waals surface area contributed by atoms with Gasteiger partial charge in [-0.2, -0.15) is 23.3 Å². The van der Waals surface area contributed by atoms with Crippen LogP contribution in [-0.4, -0.2) is 74.8 Å². The van der Waals surface area contributed by atoms with Crippen LogP contribution < -0.4 is 15.1 Å². The molecule has 1 saturated heterocycles. The first kappa shape index (κ1) is 33.7. The minimum Gasteiger partial charge on any atom is -0.362 e. The number of H-pyrrole nitrogens is 1. The van der Waals surface area contributed by atoms with Crippen LogP contribution in [0.15, 0.2) is 67.3 Å². The maximum atomic E-state index is 13.7. The molecule has 2 aromatic carbocycles. The van der Waals surface area contributed by atoms with Gasteiger partial charge in [-0.15, -0.1) is 0 Å². The molecule has 0 unspecified atom stereocenters. The number of anilines is 4. The summed E-state index contributed by atoms with van der Waals surface area (Å²) in [6.07, 6.45) is 5.18. The minimum absolute atomic E-state index is 0.00581. The van der Waals surface area contributed by atoms with E-state index in [2.05, 4.69) is 37.2 Å². The highest BCUT2D eigenvalue weighted by atomic mass is 19.4. The van der Waals surface area contributed by atoms with Crippen molar-refractivity contribution >= 4 is 29.6 Å². The summed E-state index contributed by atoms with van der Waals surface area (Å²) >= 11 is 0. The highest BCUT2D eigenvalue weighted by molar-refractivity contribution is 5.80. The predicted octanol–water partition coefficient (Wildman–Crippen LogP) is 6.69. The number of aryl methyl sites for hydroxylation is 1. The molecule has 11 nitrogen and oxygen atoms in total. The fourth-order valence-corrected chi connectivity index (χ4v) is 6.19. The standard InChI is InChI=1S/C35H39F3N10O/c1-5-46-14-12-27(13-15-46)48-21-26(18-41-48)42-34-40-17-25(33(44-34)45(3)4)20-47(22-49)31-16-24(11-10-23(31)2)32-39-19-30(43-32)28-8-6-7-9-29(28)35(36,37)38/h6-11,16-19,21-22,27H,5,12-15,20H2,1-4H3,(H,39,43)(H,40,42,44). The maximum absolute atomic E-state index is 13.7. The maximum Gasteiger partial charge on any atom is 0.417 e. The number of hydrogen-bond donors (Lipinski definition) is 2. The molecule has 14 heteroatoms. The Morgan fingerprint density at radius 3 is 2.55 bits per heavy atom. The van der Waals surface area contributed by atoms with Gasteiger partial charge in [0.15, 0.2) is 0 Å². The number of nitrogens with zero attached hydrogens (tertiary/aromatic N) is 8. The number of amides is 1. The smallest absolute Gasteiger partial charge is 0.362 e. The number of piperidine rings is 1. The van der Waals surface area contributed by atoms with Crippen molar-refractivity contribution in [3.05, 3.63) is 83.9 Å². The summed E-state index contributed by atoms with van der Waals surface area (Å²) in [5.41, 5.74) is 3.06. The molecule has 6 rings (SSSR count). The second-order valence-electron chi connectivity index (χ2n) is 12.4. The van der Waals surface area contributed by atoms with Gasteiger partial charge in [-0.1, -0.05) is 37.3 Å². The fraction of sp³-hybridized carbons (Fsp3) is 0.343. The zero-order valence-corrected chi connectivity index (χ0v) is 27.9. The summed E-state index contributed by atoms with van der Waals surface area (Å²) in [4.78, 5) is 35.1. The number of nitrogens with one attached hydrogen (secondary N) is 2. The van der Waals surface area contributed by atoms with Gasteiger partial charge >= 0.3 is 6.18 Å². The molecule has 1 fully saturated rings. The molecule has 0 bridgehead atoms. The van der Waals surface area contributed by atoms with Crippen molar-refractivity contribution in [2.75, 3.05) is 48.8 Å². The molecule has 1 aliphatic rings. The van der Waals surface area contributed by atoms with Crippen LogP contribution in [0.3, 0.4) is 0 Å². The van der Waals surface area contributed by atoms with Crippen molar-refractivity contribution in [2.45, 2.75) is 45.5 Å². The van der Waals surface area contributed by atoms with Crippen LogP contribution in [0.1, 0.15) is 42.5 Å². The first-order valence-electron chi connectivity index (χ1n) is 16.2. The van der Waals surface area contributed by atoms with Crippen molar-refractivity contribution in [3.8, 4) is 22.6 Å². The molecule has 0 aliphatic carbocycles. The van der Waals surface area contributed by atoms with E-state index in [-0.39, 0.29) is 17.8 Å². The normalized spacial score (nSPS) is 14.2. The third kappa shape index (κ3) is 7.43. The molecule has 0 spiro atoms. The number of carbonyl (C=O) groups excluding carboxylic acids is 1. The van der Waals surface area contributed by atoms with Gasteiger partial charge in [-0.05, 0) is 44.0 Å². The van der Waals surface area contributed by atoms with Crippen molar-refractivity contribution in [3.63, 3.8) is 0 Å². The molecule has 0 radical (unpaired) electrons. The fourth-order valence-electron chi connectivity index (χ4n) is 6.19. The van der Waals surface area contributed by atoms with Crippen molar-refractivity contribution in [1.29, 1.82) is 0 Å². The Morgan fingerprint density at radius 2 is 1.84 bits per heavy atom. The lowest BCUT2D eigenvalue weighted by atomic mass is 10.0. The van der Waals surface area contributed by atoms with Gasteiger partial charge in [0.1, 0.15) is 11.6 Å². The van der Waals surface area contributed by atoms with E-state index in [4.69, 9.17) is 4.98 Å². The molecular formula is C35H39F3N10O. The van der Waals surface area contributed by atoms with Crippen LogP contribution in [0.5, 0.6) is 0 Å². The number of imidazole rings is 1. The van der Waals surface area contributed by atoms with Gasteiger partial charge in [0.05, 0.1) is 41.9 Å². The van der Waals surface area contributed by atoms with Gasteiger partial charge in [-0.3, -0.25) is 9.48 Å². The summed E-state index contributed by atoms with van der Waals surface area (Å²) in [5.74, 6) is 1.42. The van der Waals surface area contributed by atoms with Crippen LogP contribution in [0.4, 0.5) is 36.3 Å². The Labute approximate surface area is 282 Å². The first-order chi connectivity index (χ1) is 23.5. The van der Waals surface area contributed by atoms with Gasteiger partial charge < -0.3 is 25.0 Å². The zero-order valence-electron chi connectivity index (χ0n) is 27.9. The molecule has 256 valence electrons. The van der Waals surface area contributed by atoms with Crippen molar-refractivity contribution < 1.29 is 18.0 Å². The number of alkyl halides is 3. The van der Waals surface area contributed by atoms with Gasteiger partial charge in [0.25, 0.3) is 0 Å². The highest BCUT2D eigenvalue weighted by Crippen LogP contribution is 2.37. The van der Waals surface area contributed by atoms with Gasteiger partial charge in [-0.25, -0.2) is 9.97 Å². The number of halogens is 3. The lowest BCUT2D eigenvalue weighted by Gasteiger charge is -2.31. The first-order valence-corrected chi connectivity index (χ1v) is 16.2. The van der Waals surface area contributed by atoms with E-state index in [1.807, 2.05) is 48.9 Å². The Balaban J connectivity index is 1.20. The van der Waals surface area contributed by atoms with E-state index >= 15 is 0 Å². The number of aromatic nitrogens is 6.